The fourth-order valence-corrected chi connectivity index (χ4v) is 3.32. The molecule has 7 heteroatoms. The third-order valence-corrected chi connectivity index (χ3v) is 5.16. The van der Waals surface area contributed by atoms with Gasteiger partial charge in [0.1, 0.15) is 11.6 Å². The molecule has 0 unspecified atom stereocenters. The smallest absolute Gasteiger partial charge is 0.254 e. The minimum Gasteiger partial charge on any atom is -0.355 e. The van der Waals surface area contributed by atoms with Crippen LogP contribution in [0.4, 0.5) is 5.82 Å². The van der Waals surface area contributed by atoms with Crippen LogP contribution < -0.4 is 10.5 Å². The van der Waals surface area contributed by atoms with Gasteiger partial charge in [0.05, 0.1) is 0 Å². The van der Waals surface area contributed by atoms with E-state index in [1.807, 2.05) is 44.7 Å². The summed E-state index contributed by atoms with van der Waals surface area (Å²) in [5, 5.41) is 0. The highest BCUT2D eigenvalue weighted by Crippen LogP contribution is 2.22. The number of aromatic nitrogens is 3. The lowest BCUT2D eigenvalue weighted by Crippen LogP contribution is -2.41. The van der Waals surface area contributed by atoms with Gasteiger partial charge in [-0.05, 0) is 32.4 Å². The molecule has 0 spiro atoms. The van der Waals surface area contributed by atoms with Crippen molar-refractivity contribution in [3.63, 3.8) is 0 Å². The predicted molar refractivity (Wildman–Crippen MR) is 110 cm³/mol. The minimum absolute atomic E-state index is 0.122. The third-order valence-electron chi connectivity index (χ3n) is 5.16. The van der Waals surface area contributed by atoms with Crippen LogP contribution in [-0.4, -0.2) is 51.9 Å². The number of pyridine rings is 1. The highest BCUT2D eigenvalue weighted by Gasteiger charge is 2.28. The van der Waals surface area contributed by atoms with Crippen molar-refractivity contribution in [1.82, 2.24) is 19.9 Å². The first kappa shape index (κ1) is 20.0. The summed E-state index contributed by atoms with van der Waals surface area (Å²) in [5.41, 5.74) is 1.66. The normalized spacial score (nSPS) is 15.5. The van der Waals surface area contributed by atoms with Gasteiger partial charge in [0.25, 0.3) is 5.56 Å². The number of anilines is 1. The van der Waals surface area contributed by atoms with Crippen molar-refractivity contribution in [1.29, 1.82) is 0 Å². The number of aryl methyl sites for hydroxylation is 1. The van der Waals surface area contributed by atoms with Gasteiger partial charge in [-0.25, -0.2) is 9.97 Å². The molecule has 0 aliphatic carbocycles. The van der Waals surface area contributed by atoms with Crippen LogP contribution in [0.5, 0.6) is 0 Å². The second kappa shape index (κ2) is 7.73. The Morgan fingerprint density at radius 1 is 1.11 bits per heavy atom. The van der Waals surface area contributed by atoms with Gasteiger partial charge in [-0.2, -0.15) is 0 Å². The molecule has 2 aromatic rings. The molecule has 1 amide bonds. The Morgan fingerprint density at radius 2 is 1.86 bits per heavy atom. The van der Waals surface area contributed by atoms with E-state index in [9.17, 15) is 9.59 Å². The van der Waals surface area contributed by atoms with Gasteiger partial charge in [0.15, 0.2) is 0 Å². The molecule has 0 saturated carbocycles. The predicted octanol–water partition coefficient (Wildman–Crippen LogP) is 2.53. The largest absolute Gasteiger partial charge is 0.355 e. The van der Waals surface area contributed by atoms with Crippen LogP contribution in [0.25, 0.3) is 11.4 Å². The quantitative estimate of drug-likeness (QED) is 0.862. The Balaban J connectivity index is 1.74. The molecule has 28 heavy (non-hydrogen) atoms. The lowest BCUT2D eigenvalue weighted by Gasteiger charge is -2.28. The van der Waals surface area contributed by atoms with Gasteiger partial charge >= 0.3 is 0 Å². The molecule has 7 nitrogen and oxygen atoms in total. The van der Waals surface area contributed by atoms with E-state index in [2.05, 4.69) is 19.9 Å². The number of hydrogen-bond donors (Lipinski definition) is 1. The van der Waals surface area contributed by atoms with E-state index >= 15 is 0 Å². The topological polar surface area (TPSA) is 82.2 Å². The monoisotopic (exact) mass is 383 g/mol. The van der Waals surface area contributed by atoms with Crippen LogP contribution >= 0.6 is 0 Å². The Morgan fingerprint density at radius 3 is 2.46 bits per heavy atom. The molecule has 0 bridgehead atoms. The summed E-state index contributed by atoms with van der Waals surface area (Å²) in [4.78, 5) is 40.6. The minimum atomic E-state index is -0.356. The molecule has 150 valence electrons. The third kappa shape index (κ3) is 4.24. The first-order chi connectivity index (χ1) is 13.2. The molecule has 1 saturated heterocycles. The van der Waals surface area contributed by atoms with Crippen LogP contribution in [0.2, 0.25) is 0 Å². The van der Waals surface area contributed by atoms with E-state index in [4.69, 9.17) is 0 Å². The number of carbonyl (C=O) groups excluding carboxylic acids is 1. The Kier molecular flexibility index (Phi) is 5.54. The summed E-state index contributed by atoms with van der Waals surface area (Å²) in [6, 6.07) is 3.88. The molecular weight excluding hydrogens is 354 g/mol. The molecule has 1 aliphatic rings. The lowest BCUT2D eigenvalue weighted by atomic mass is 9.94. The van der Waals surface area contributed by atoms with E-state index in [0.29, 0.717) is 17.9 Å². The summed E-state index contributed by atoms with van der Waals surface area (Å²) < 4.78 is 0. The van der Waals surface area contributed by atoms with Crippen molar-refractivity contribution < 1.29 is 4.79 Å². The molecule has 3 heterocycles. The molecule has 1 N–H and O–H groups in total. The van der Waals surface area contributed by atoms with E-state index in [1.54, 1.807) is 13.1 Å². The average molecular weight is 383 g/mol. The number of rotatable bonds is 2. The second-order valence-corrected chi connectivity index (χ2v) is 8.41. The number of carbonyl (C=O) groups is 1. The van der Waals surface area contributed by atoms with Crippen LogP contribution in [0, 0.1) is 19.3 Å². The second-order valence-electron chi connectivity index (χ2n) is 8.41. The van der Waals surface area contributed by atoms with Gasteiger partial charge in [-0.15, -0.1) is 0 Å². The molecule has 0 aromatic carbocycles. The highest BCUT2D eigenvalue weighted by atomic mass is 16.2. The van der Waals surface area contributed by atoms with Crippen molar-refractivity contribution in [2.75, 3.05) is 31.1 Å². The summed E-state index contributed by atoms with van der Waals surface area (Å²) in [6.45, 7) is 12.6. The van der Waals surface area contributed by atoms with Gasteiger partial charge in [0.2, 0.25) is 5.91 Å². The van der Waals surface area contributed by atoms with Crippen LogP contribution in [0.3, 0.4) is 0 Å². The zero-order chi connectivity index (χ0) is 20.5. The summed E-state index contributed by atoms with van der Waals surface area (Å²) in [5.74, 6) is 1.60. The van der Waals surface area contributed by atoms with Gasteiger partial charge in [0, 0.05) is 54.6 Å². The van der Waals surface area contributed by atoms with Crippen LogP contribution in [-0.2, 0) is 4.79 Å². The van der Waals surface area contributed by atoms with Crippen molar-refractivity contribution in [2.24, 2.45) is 5.41 Å². The highest BCUT2D eigenvalue weighted by molar-refractivity contribution is 5.81. The van der Waals surface area contributed by atoms with Crippen LogP contribution in [0.15, 0.2) is 23.1 Å². The number of amides is 1. The lowest BCUT2D eigenvalue weighted by molar-refractivity contribution is -0.139. The molecule has 0 radical (unpaired) electrons. The van der Waals surface area contributed by atoms with Gasteiger partial charge in [-0.1, -0.05) is 20.8 Å². The molecule has 2 aromatic heterocycles. The molecular formula is C21H29N5O2. The zero-order valence-electron chi connectivity index (χ0n) is 17.4. The van der Waals surface area contributed by atoms with Crippen molar-refractivity contribution in [3.05, 3.63) is 39.9 Å². The summed E-state index contributed by atoms with van der Waals surface area (Å²) in [6.07, 6.45) is 2.66. The van der Waals surface area contributed by atoms with Crippen molar-refractivity contribution >= 4 is 11.7 Å². The van der Waals surface area contributed by atoms with E-state index in [0.717, 1.165) is 43.1 Å². The maximum absolute atomic E-state index is 12.6. The fourth-order valence-electron chi connectivity index (χ4n) is 3.32. The molecule has 1 fully saturated rings. The van der Waals surface area contributed by atoms with Crippen LogP contribution in [0.1, 0.15) is 38.4 Å². The first-order valence-corrected chi connectivity index (χ1v) is 9.75. The number of nitrogens with one attached hydrogen (secondary N) is 1. The first-order valence-electron chi connectivity index (χ1n) is 9.75. The van der Waals surface area contributed by atoms with E-state index < -0.39 is 0 Å². The molecule has 3 rings (SSSR count). The van der Waals surface area contributed by atoms with E-state index in [-0.39, 0.29) is 16.9 Å². The molecule has 1 aliphatic heterocycles. The number of nitrogens with zero attached hydrogens (tertiary/aromatic N) is 4. The Bertz CT molecular complexity index is 912. The number of hydrogen-bond acceptors (Lipinski definition) is 5. The number of H-pyrrole nitrogens is 1. The number of aromatic amines is 1. The maximum atomic E-state index is 12.6. The summed E-state index contributed by atoms with van der Waals surface area (Å²) in [7, 11) is 0. The van der Waals surface area contributed by atoms with Crippen molar-refractivity contribution in [3.8, 4) is 11.4 Å². The zero-order valence-corrected chi connectivity index (χ0v) is 17.4. The Hall–Kier alpha value is -2.70. The van der Waals surface area contributed by atoms with Crippen molar-refractivity contribution in [2.45, 2.75) is 41.0 Å². The summed E-state index contributed by atoms with van der Waals surface area (Å²) >= 11 is 0. The van der Waals surface area contributed by atoms with Gasteiger partial charge < -0.3 is 14.8 Å². The van der Waals surface area contributed by atoms with E-state index in [1.165, 1.54) is 0 Å². The Labute approximate surface area is 165 Å². The fraction of sp³-hybridized carbons (Fsp3) is 0.524. The SMILES string of the molecule is Cc1nc(-c2ccc(N3CCCN(C(=O)C(C)(C)C)CC3)nc2)[nH]c(=O)c1C. The maximum Gasteiger partial charge on any atom is 0.254 e. The van der Waals surface area contributed by atoms with Gasteiger partial charge in [-0.3, -0.25) is 9.59 Å². The standard InChI is InChI=1S/C21H29N5O2/c1-14-15(2)23-18(24-19(14)27)16-7-8-17(22-13-16)25-9-6-10-26(12-11-25)20(28)21(3,4)5/h7-8,13H,6,9-12H2,1-5H3,(H,23,24,27). The average Bonchev–Trinajstić information content (AvgIpc) is 2.90. The molecule has 0 atom stereocenters.